The van der Waals surface area contributed by atoms with E-state index in [0.29, 0.717) is 17.3 Å². The van der Waals surface area contributed by atoms with E-state index in [1.807, 2.05) is 31.2 Å². The Morgan fingerprint density at radius 1 is 1.00 bits per heavy atom. The molecule has 0 saturated carbocycles. The van der Waals surface area contributed by atoms with E-state index in [2.05, 4.69) is 17.6 Å². The molecule has 0 atom stereocenters. The van der Waals surface area contributed by atoms with Gasteiger partial charge in [-0.1, -0.05) is 48.9 Å². The van der Waals surface area contributed by atoms with Gasteiger partial charge in [0.2, 0.25) is 0 Å². The average Bonchev–Trinajstić information content (AvgIpc) is 2.56. The molecule has 0 unspecified atom stereocenters. The first-order valence-electron chi connectivity index (χ1n) is 7.42. The van der Waals surface area contributed by atoms with Crippen LogP contribution in [0.15, 0.2) is 42.5 Å². The van der Waals surface area contributed by atoms with Crippen molar-refractivity contribution < 1.29 is 9.59 Å². The maximum absolute atomic E-state index is 11.9. The lowest BCUT2D eigenvalue weighted by atomic mass is 10.1. The van der Waals surface area contributed by atoms with Crippen LogP contribution in [0.25, 0.3) is 0 Å². The van der Waals surface area contributed by atoms with E-state index in [1.165, 1.54) is 5.56 Å². The summed E-state index contributed by atoms with van der Waals surface area (Å²) in [4.78, 5) is 23.7. The summed E-state index contributed by atoms with van der Waals surface area (Å²) < 4.78 is 0. The number of anilines is 1. The van der Waals surface area contributed by atoms with Crippen LogP contribution >= 0.6 is 11.6 Å². The molecule has 2 rings (SSSR count). The number of carbonyl (C=O) groups excluding carboxylic acids is 2. The molecule has 2 amide bonds. The molecule has 0 aliphatic rings. The van der Waals surface area contributed by atoms with Crippen molar-refractivity contribution in [3.63, 3.8) is 0 Å². The Morgan fingerprint density at radius 3 is 2.26 bits per heavy atom. The van der Waals surface area contributed by atoms with Crippen molar-refractivity contribution >= 4 is 29.1 Å². The van der Waals surface area contributed by atoms with E-state index in [-0.39, 0.29) is 0 Å². The molecular formula is C18H19ClN2O2. The second-order valence-corrected chi connectivity index (χ2v) is 5.68. The number of nitrogens with one attached hydrogen (secondary N) is 2. The van der Waals surface area contributed by atoms with Crippen LogP contribution in [-0.4, -0.2) is 11.8 Å². The third-order valence-corrected chi connectivity index (χ3v) is 3.93. The van der Waals surface area contributed by atoms with Gasteiger partial charge in [-0.05, 0) is 42.2 Å². The zero-order chi connectivity index (χ0) is 16.8. The van der Waals surface area contributed by atoms with Crippen molar-refractivity contribution in [3.05, 3.63) is 64.2 Å². The van der Waals surface area contributed by atoms with Crippen LogP contribution in [0.4, 0.5) is 5.69 Å². The smallest absolute Gasteiger partial charge is 0.313 e. The minimum absolute atomic E-state index is 0.310. The highest BCUT2D eigenvalue weighted by molar-refractivity contribution is 6.39. The van der Waals surface area contributed by atoms with E-state index in [9.17, 15) is 9.59 Å². The number of benzene rings is 2. The maximum Gasteiger partial charge on any atom is 0.313 e. The molecule has 2 aromatic carbocycles. The summed E-state index contributed by atoms with van der Waals surface area (Å²) in [7, 11) is 0. The van der Waals surface area contributed by atoms with E-state index in [1.54, 1.807) is 18.2 Å². The molecule has 2 N–H and O–H groups in total. The molecule has 0 radical (unpaired) electrons. The monoisotopic (exact) mass is 330 g/mol. The van der Waals surface area contributed by atoms with Crippen molar-refractivity contribution in [2.45, 2.75) is 26.8 Å². The van der Waals surface area contributed by atoms with Gasteiger partial charge in [0, 0.05) is 17.3 Å². The molecule has 0 aromatic heterocycles. The van der Waals surface area contributed by atoms with Gasteiger partial charge in [-0.2, -0.15) is 0 Å². The van der Waals surface area contributed by atoms with Crippen molar-refractivity contribution in [2.24, 2.45) is 0 Å². The van der Waals surface area contributed by atoms with Gasteiger partial charge in [0.15, 0.2) is 0 Å². The second-order valence-electron chi connectivity index (χ2n) is 5.27. The van der Waals surface area contributed by atoms with Crippen LogP contribution in [0.5, 0.6) is 0 Å². The van der Waals surface area contributed by atoms with Crippen LogP contribution in [0.3, 0.4) is 0 Å². The number of hydrogen-bond acceptors (Lipinski definition) is 2. The highest BCUT2D eigenvalue weighted by atomic mass is 35.5. The summed E-state index contributed by atoms with van der Waals surface area (Å²) in [5, 5.41) is 5.67. The van der Waals surface area contributed by atoms with Crippen molar-refractivity contribution in [3.8, 4) is 0 Å². The first kappa shape index (κ1) is 17.0. The Kier molecular flexibility index (Phi) is 5.77. The fourth-order valence-electron chi connectivity index (χ4n) is 2.01. The minimum atomic E-state index is -0.713. The molecule has 2 aromatic rings. The van der Waals surface area contributed by atoms with Gasteiger partial charge in [-0.3, -0.25) is 9.59 Å². The Morgan fingerprint density at radius 2 is 1.65 bits per heavy atom. The Labute approximate surface area is 140 Å². The summed E-state index contributed by atoms with van der Waals surface area (Å²) in [5.41, 5.74) is 3.58. The molecular weight excluding hydrogens is 312 g/mol. The molecule has 120 valence electrons. The number of aryl methyl sites for hydroxylation is 2. The molecule has 0 aliphatic carbocycles. The number of carbonyl (C=O) groups is 2. The van der Waals surface area contributed by atoms with Crippen molar-refractivity contribution in [1.29, 1.82) is 0 Å². The zero-order valence-electron chi connectivity index (χ0n) is 13.2. The maximum atomic E-state index is 11.9. The molecule has 0 bridgehead atoms. The molecule has 0 fully saturated rings. The molecule has 0 aliphatic heterocycles. The molecule has 4 nitrogen and oxygen atoms in total. The Bertz CT molecular complexity index is 711. The first-order chi connectivity index (χ1) is 11.0. The van der Waals surface area contributed by atoms with Gasteiger partial charge in [0.05, 0.1) is 0 Å². The van der Waals surface area contributed by atoms with E-state index < -0.39 is 11.8 Å². The third-order valence-electron chi connectivity index (χ3n) is 3.52. The highest BCUT2D eigenvalue weighted by Gasteiger charge is 2.13. The van der Waals surface area contributed by atoms with Crippen molar-refractivity contribution in [1.82, 2.24) is 5.32 Å². The minimum Gasteiger partial charge on any atom is -0.344 e. The lowest BCUT2D eigenvalue weighted by Crippen LogP contribution is -2.34. The predicted molar refractivity (Wildman–Crippen MR) is 92.5 cm³/mol. The lowest BCUT2D eigenvalue weighted by Gasteiger charge is -2.08. The average molecular weight is 331 g/mol. The first-order valence-corrected chi connectivity index (χ1v) is 7.80. The summed E-state index contributed by atoms with van der Waals surface area (Å²) in [6.45, 7) is 4.26. The van der Waals surface area contributed by atoms with Gasteiger partial charge in [0.25, 0.3) is 0 Å². The largest absolute Gasteiger partial charge is 0.344 e. The van der Waals surface area contributed by atoms with Gasteiger partial charge >= 0.3 is 11.8 Å². The highest BCUT2D eigenvalue weighted by Crippen LogP contribution is 2.19. The quantitative estimate of drug-likeness (QED) is 0.843. The standard InChI is InChI=1S/C18H19ClN2O2/c1-3-13-5-7-14(8-6-13)11-20-17(22)18(23)21-15-9-4-12(2)16(19)10-15/h4-10H,3,11H2,1-2H3,(H,20,22)(H,21,23). The number of halogens is 1. The fraction of sp³-hybridized carbons (Fsp3) is 0.222. The summed E-state index contributed by atoms with van der Waals surface area (Å²) in [6.07, 6.45) is 0.966. The number of hydrogen-bond donors (Lipinski definition) is 2. The van der Waals surface area contributed by atoms with E-state index in [4.69, 9.17) is 11.6 Å². The molecule has 5 heteroatoms. The van der Waals surface area contributed by atoms with Crippen LogP contribution in [0, 0.1) is 6.92 Å². The SMILES string of the molecule is CCc1ccc(CNC(=O)C(=O)Nc2ccc(C)c(Cl)c2)cc1. The van der Waals surface area contributed by atoms with Crippen LogP contribution in [-0.2, 0) is 22.6 Å². The Hall–Kier alpha value is -2.33. The summed E-state index contributed by atoms with van der Waals surface area (Å²) in [6, 6.07) is 13.0. The van der Waals surface area contributed by atoms with Crippen LogP contribution in [0.1, 0.15) is 23.6 Å². The normalized spacial score (nSPS) is 10.2. The lowest BCUT2D eigenvalue weighted by molar-refractivity contribution is -0.136. The molecule has 0 spiro atoms. The number of amides is 2. The topological polar surface area (TPSA) is 58.2 Å². The van der Waals surface area contributed by atoms with Gasteiger partial charge < -0.3 is 10.6 Å². The third kappa shape index (κ3) is 4.83. The van der Waals surface area contributed by atoms with Gasteiger partial charge in [-0.25, -0.2) is 0 Å². The predicted octanol–water partition coefficient (Wildman–Crippen LogP) is 3.47. The number of rotatable bonds is 4. The van der Waals surface area contributed by atoms with Crippen LogP contribution in [0.2, 0.25) is 5.02 Å². The molecule has 23 heavy (non-hydrogen) atoms. The second kappa shape index (κ2) is 7.79. The molecule has 0 heterocycles. The van der Waals surface area contributed by atoms with E-state index >= 15 is 0 Å². The summed E-state index contributed by atoms with van der Waals surface area (Å²) in [5.74, 6) is -1.39. The van der Waals surface area contributed by atoms with Gasteiger partial charge in [-0.15, -0.1) is 0 Å². The van der Waals surface area contributed by atoms with Crippen molar-refractivity contribution in [2.75, 3.05) is 5.32 Å². The zero-order valence-corrected chi connectivity index (χ0v) is 13.9. The van der Waals surface area contributed by atoms with Gasteiger partial charge in [0.1, 0.15) is 0 Å². The van der Waals surface area contributed by atoms with E-state index in [0.717, 1.165) is 17.5 Å². The van der Waals surface area contributed by atoms with Crippen LogP contribution < -0.4 is 10.6 Å². The Balaban J connectivity index is 1.89. The molecule has 0 saturated heterocycles. The fourth-order valence-corrected chi connectivity index (χ4v) is 2.19. The summed E-state index contributed by atoms with van der Waals surface area (Å²) >= 11 is 5.99.